The van der Waals surface area contributed by atoms with E-state index in [0.29, 0.717) is 23.3 Å². The van der Waals surface area contributed by atoms with Crippen LogP contribution < -0.4 is 0 Å². The van der Waals surface area contributed by atoms with Crippen LogP contribution in [0, 0.1) is 6.92 Å². The molecular weight excluding hydrogens is 340 g/mol. The average molecular weight is 364 g/mol. The third-order valence-corrected chi connectivity index (χ3v) is 5.24. The summed E-state index contributed by atoms with van der Waals surface area (Å²) < 4.78 is 7.43. The van der Waals surface area contributed by atoms with Crippen LogP contribution in [0.25, 0.3) is 11.5 Å². The highest BCUT2D eigenvalue weighted by atomic mass is 16.4. The van der Waals surface area contributed by atoms with Crippen molar-refractivity contribution in [2.75, 3.05) is 13.1 Å². The molecule has 1 amide bonds. The zero-order chi connectivity index (χ0) is 18.8. The molecule has 3 heterocycles. The van der Waals surface area contributed by atoms with Crippen LogP contribution in [0.2, 0.25) is 0 Å². The van der Waals surface area contributed by atoms with E-state index < -0.39 is 0 Å². The summed E-state index contributed by atoms with van der Waals surface area (Å²) in [5, 5.41) is 4.14. The van der Waals surface area contributed by atoms with Crippen LogP contribution in [0.5, 0.6) is 0 Å². The molecule has 0 saturated carbocycles. The predicted octanol–water partition coefficient (Wildman–Crippen LogP) is 3.79. The fraction of sp³-hybridized carbons (Fsp3) is 0.381. The highest BCUT2D eigenvalue weighted by Gasteiger charge is 2.26. The summed E-state index contributed by atoms with van der Waals surface area (Å²) in [6.45, 7) is 3.30. The van der Waals surface area contributed by atoms with E-state index in [4.69, 9.17) is 4.42 Å². The Hall–Kier alpha value is -2.89. The summed E-state index contributed by atoms with van der Waals surface area (Å²) in [6.07, 6.45) is 6.60. The van der Waals surface area contributed by atoms with Gasteiger partial charge in [-0.25, -0.2) is 4.98 Å². The molecule has 1 aromatic carbocycles. The number of aryl methyl sites for hydroxylation is 2. The molecule has 3 aromatic rings. The van der Waals surface area contributed by atoms with Crippen molar-refractivity contribution in [2.45, 2.75) is 32.1 Å². The molecule has 0 unspecified atom stereocenters. The van der Waals surface area contributed by atoms with Gasteiger partial charge in [-0.05, 0) is 37.7 Å². The third kappa shape index (κ3) is 3.65. The monoisotopic (exact) mass is 364 g/mol. The largest absolute Gasteiger partial charge is 0.440 e. The van der Waals surface area contributed by atoms with Gasteiger partial charge in [-0.15, -0.1) is 0 Å². The number of aromatic nitrogens is 3. The second-order valence-electron chi connectivity index (χ2n) is 7.16. The Morgan fingerprint density at radius 3 is 2.74 bits per heavy atom. The second kappa shape index (κ2) is 7.39. The van der Waals surface area contributed by atoms with Crippen LogP contribution in [-0.2, 0) is 7.05 Å². The first-order valence-electron chi connectivity index (χ1n) is 9.42. The van der Waals surface area contributed by atoms with Gasteiger partial charge in [0.25, 0.3) is 5.91 Å². The lowest BCUT2D eigenvalue weighted by Crippen LogP contribution is -2.32. The fourth-order valence-electron chi connectivity index (χ4n) is 3.76. The summed E-state index contributed by atoms with van der Waals surface area (Å²) in [5.74, 6) is 1.47. The maximum atomic E-state index is 13.0. The van der Waals surface area contributed by atoms with Gasteiger partial charge in [0.1, 0.15) is 5.76 Å². The number of nitrogens with zero attached hydrogens (tertiary/aromatic N) is 4. The number of hydrogen-bond donors (Lipinski definition) is 0. The molecule has 6 heteroatoms. The smallest absolute Gasteiger partial charge is 0.276 e. The Kier molecular flexibility index (Phi) is 4.79. The normalized spacial score (nSPS) is 17.7. The summed E-state index contributed by atoms with van der Waals surface area (Å²) in [7, 11) is 1.84. The first-order valence-corrected chi connectivity index (χ1v) is 9.42. The van der Waals surface area contributed by atoms with Crippen molar-refractivity contribution >= 4 is 5.91 Å². The quantitative estimate of drug-likeness (QED) is 0.709. The van der Waals surface area contributed by atoms with Crippen molar-refractivity contribution in [3.8, 4) is 11.5 Å². The molecule has 0 bridgehead atoms. The van der Waals surface area contributed by atoms with Crippen molar-refractivity contribution in [1.29, 1.82) is 0 Å². The van der Waals surface area contributed by atoms with Crippen molar-refractivity contribution in [1.82, 2.24) is 19.7 Å². The Morgan fingerprint density at radius 1 is 1.19 bits per heavy atom. The number of hydrogen-bond acceptors (Lipinski definition) is 4. The highest BCUT2D eigenvalue weighted by molar-refractivity contribution is 5.93. The molecule has 0 spiro atoms. The van der Waals surface area contributed by atoms with Gasteiger partial charge in [0, 0.05) is 26.3 Å². The molecule has 0 aliphatic carbocycles. The van der Waals surface area contributed by atoms with Crippen LogP contribution in [-0.4, -0.2) is 38.7 Å². The molecule has 1 aliphatic rings. The van der Waals surface area contributed by atoms with Crippen molar-refractivity contribution in [3.05, 3.63) is 59.7 Å². The number of carbonyl (C=O) groups excluding carboxylic acids is 1. The predicted molar refractivity (Wildman–Crippen MR) is 102 cm³/mol. The summed E-state index contributed by atoms with van der Waals surface area (Å²) >= 11 is 0. The number of benzene rings is 1. The maximum Gasteiger partial charge on any atom is 0.276 e. The molecule has 1 atom stereocenters. The van der Waals surface area contributed by atoms with E-state index in [0.717, 1.165) is 37.9 Å². The van der Waals surface area contributed by atoms with Crippen molar-refractivity contribution in [2.24, 2.45) is 7.05 Å². The first kappa shape index (κ1) is 17.5. The van der Waals surface area contributed by atoms with E-state index >= 15 is 0 Å². The van der Waals surface area contributed by atoms with Crippen LogP contribution >= 0.6 is 0 Å². The minimum Gasteiger partial charge on any atom is -0.440 e. The van der Waals surface area contributed by atoms with Gasteiger partial charge < -0.3 is 9.32 Å². The summed E-state index contributed by atoms with van der Waals surface area (Å²) in [4.78, 5) is 19.4. The van der Waals surface area contributed by atoms with E-state index in [1.807, 2.05) is 24.2 Å². The maximum absolute atomic E-state index is 13.0. The summed E-state index contributed by atoms with van der Waals surface area (Å²) in [5.41, 5.74) is 2.55. The lowest BCUT2D eigenvalue weighted by atomic mass is 9.92. The molecule has 140 valence electrons. The Balaban J connectivity index is 1.49. The number of rotatable bonds is 3. The van der Waals surface area contributed by atoms with Crippen molar-refractivity contribution < 1.29 is 9.21 Å². The number of oxazole rings is 1. The Morgan fingerprint density at radius 2 is 2.00 bits per heavy atom. The molecule has 0 radical (unpaired) electrons. The van der Waals surface area contributed by atoms with Gasteiger partial charge in [0.2, 0.25) is 5.89 Å². The minimum absolute atomic E-state index is 0.0416. The van der Waals surface area contributed by atoms with Crippen molar-refractivity contribution in [3.63, 3.8) is 0 Å². The molecule has 2 aromatic heterocycles. The molecule has 1 fully saturated rings. The zero-order valence-corrected chi connectivity index (χ0v) is 15.8. The molecule has 4 rings (SSSR count). The molecule has 1 saturated heterocycles. The molecular formula is C21H24N4O2. The summed E-state index contributed by atoms with van der Waals surface area (Å²) in [6, 6.07) is 10.6. The van der Waals surface area contributed by atoms with E-state index in [-0.39, 0.29) is 5.91 Å². The standard InChI is InChI=1S/C21H24N4O2/c1-15-19(23-20(27-15)18-13-22-24(2)14-18)21(26)25-11-6-9-17(10-12-25)16-7-4-3-5-8-16/h3-5,7-8,13-14,17H,6,9-12H2,1-2H3/t17-/m1/s1. The zero-order valence-electron chi connectivity index (χ0n) is 15.8. The van der Waals surface area contributed by atoms with E-state index in [9.17, 15) is 4.79 Å². The Labute approximate surface area is 158 Å². The first-order chi connectivity index (χ1) is 13.1. The van der Waals surface area contributed by atoms with Crippen LogP contribution in [0.1, 0.15) is 47.0 Å². The lowest BCUT2D eigenvalue weighted by molar-refractivity contribution is 0.0754. The molecule has 0 N–H and O–H groups in total. The topological polar surface area (TPSA) is 64.2 Å². The highest BCUT2D eigenvalue weighted by Crippen LogP contribution is 2.29. The minimum atomic E-state index is -0.0416. The van der Waals surface area contributed by atoms with Gasteiger partial charge in [0.05, 0.1) is 11.8 Å². The van der Waals surface area contributed by atoms with E-state index in [1.54, 1.807) is 17.8 Å². The van der Waals surface area contributed by atoms with Gasteiger partial charge in [-0.1, -0.05) is 30.3 Å². The lowest BCUT2D eigenvalue weighted by Gasteiger charge is -2.19. The molecule has 27 heavy (non-hydrogen) atoms. The number of likely N-dealkylation sites (tertiary alicyclic amines) is 1. The van der Waals surface area contributed by atoms with Gasteiger partial charge in [-0.2, -0.15) is 5.10 Å². The number of carbonyl (C=O) groups is 1. The fourth-order valence-corrected chi connectivity index (χ4v) is 3.76. The van der Waals surface area contributed by atoms with E-state index in [2.05, 4.69) is 34.3 Å². The number of amides is 1. The van der Waals surface area contributed by atoms with Crippen LogP contribution in [0.3, 0.4) is 0 Å². The van der Waals surface area contributed by atoms with Crippen LogP contribution in [0.15, 0.2) is 47.1 Å². The van der Waals surface area contributed by atoms with Gasteiger partial charge >= 0.3 is 0 Å². The Bertz CT molecular complexity index is 929. The average Bonchev–Trinajstić information content (AvgIpc) is 3.19. The van der Waals surface area contributed by atoms with Gasteiger partial charge in [0.15, 0.2) is 5.69 Å². The third-order valence-electron chi connectivity index (χ3n) is 5.24. The second-order valence-corrected chi connectivity index (χ2v) is 7.16. The van der Waals surface area contributed by atoms with Gasteiger partial charge in [-0.3, -0.25) is 9.48 Å². The van der Waals surface area contributed by atoms with Crippen LogP contribution in [0.4, 0.5) is 0 Å². The molecule has 1 aliphatic heterocycles. The molecule has 6 nitrogen and oxygen atoms in total. The SMILES string of the molecule is Cc1oc(-c2cnn(C)c2)nc1C(=O)N1CCC[C@@H](c2ccccc2)CC1. The van der Waals surface area contributed by atoms with E-state index in [1.165, 1.54) is 5.56 Å².